The summed E-state index contributed by atoms with van der Waals surface area (Å²) < 4.78 is 0. The van der Waals surface area contributed by atoms with Gasteiger partial charge in [0.25, 0.3) is 0 Å². The van der Waals surface area contributed by atoms with Crippen molar-refractivity contribution in [2.75, 3.05) is 26.2 Å². The Morgan fingerprint density at radius 1 is 1.03 bits per heavy atom. The van der Waals surface area contributed by atoms with E-state index in [1.807, 2.05) is 0 Å². The third kappa shape index (κ3) is 5.05. The Hall–Kier alpha value is -1.88. The van der Waals surface area contributed by atoms with Crippen molar-refractivity contribution in [3.63, 3.8) is 0 Å². The van der Waals surface area contributed by atoms with Crippen molar-refractivity contribution in [1.29, 1.82) is 0 Å². The zero-order valence-corrected chi connectivity index (χ0v) is 18.4. The summed E-state index contributed by atoms with van der Waals surface area (Å²) in [6.45, 7) is 5.55. The Morgan fingerprint density at radius 2 is 1.77 bits per heavy atom. The van der Waals surface area contributed by atoms with Crippen LogP contribution in [0.1, 0.15) is 57.4 Å². The van der Waals surface area contributed by atoms with Crippen molar-refractivity contribution in [2.45, 2.75) is 70.4 Å². The lowest BCUT2D eigenvalue weighted by atomic mass is 9.83. The number of likely N-dealkylation sites (tertiary alicyclic amines) is 2. The van der Waals surface area contributed by atoms with Crippen molar-refractivity contribution in [3.8, 4) is 0 Å². The van der Waals surface area contributed by atoms with E-state index in [-0.39, 0.29) is 17.9 Å². The van der Waals surface area contributed by atoms with Crippen LogP contribution in [0.25, 0.3) is 0 Å². The Morgan fingerprint density at radius 3 is 2.50 bits per heavy atom. The molecule has 2 unspecified atom stereocenters. The highest BCUT2D eigenvalue weighted by atomic mass is 16.2. The highest BCUT2D eigenvalue weighted by Crippen LogP contribution is 2.34. The molecule has 2 aliphatic heterocycles. The molecule has 3 aliphatic rings. The number of hydrogen-bond acceptors (Lipinski definition) is 3. The lowest BCUT2D eigenvalue weighted by molar-refractivity contribution is -0.139. The molecule has 1 aliphatic carbocycles. The average molecular weight is 412 g/mol. The van der Waals surface area contributed by atoms with Crippen LogP contribution in [0.4, 0.5) is 0 Å². The quantitative estimate of drug-likeness (QED) is 0.782. The predicted molar refractivity (Wildman–Crippen MR) is 119 cm³/mol. The number of carbonyl (C=O) groups excluding carboxylic acids is 2. The van der Waals surface area contributed by atoms with Gasteiger partial charge in [0.05, 0.1) is 0 Å². The Balaban J connectivity index is 1.40. The maximum Gasteiger partial charge on any atom is 0.245 e. The van der Waals surface area contributed by atoms with Crippen LogP contribution >= 0.6 is 0 Å². The molecule has 2 amide bonds. The van der Waals surface area contributed by atoms with Gasteiger partial charge < -0.3 is 15.1 Å². The van der Waals surface area contributed by atoms with E-state index in [4.69, 9.17) is 0 Å². The minimum atomic E-state index is -0.332. The molecule has 1 N–H and O–H groups in total. The first kappa shape index (κ1) is 21.4. The summed E-state index contributed by atoms with van der Waals surface area (Å²) in [6.07, 6.45) is 9.06. The molecule has 0 spiro atoms. The third-order valence-corrected chi connectivity index (χ3v) is 7.54. The van der Waals surface area contributed by atoms with E-state index in [0.29, 0.717) is 17.9 Å². The van der Waals surface area contributed by atoms with Gasteiger partial charge in [0.15, 0.2) is 0 Å². The molecule has 1 saturated carbocycles. The number of nitrogens with zero attached hydrogens (tertiary/aromatic N) is 2. The molecule has 4 rings (SSSR count). The topological polar surface area (TPSA) is 52.7 Å². The van der Waals surface area contributed by atoms with Crippen LogP contribution in [0.15, 0.2) is 30.3 Å². The summed E-state index contributed by atoms with van der Waals surface area (Å²) in [4.78, 5) is 30.2. The molecule has 0 aromatic heterocycles. The van der Waals surface area contributed by atoms with E-state index < -0.39 is 0 Å². The summed E-state index contributed by atoms with van der Waals surface area (Å²) in [5.41, 5.74) is 1.38. The van der Waals surface area contributed by atoms with Crippen molar-refractivity contribution in [2.24, 2.45) is 11.8 Å². The molecule has 5 heteroatoms. The summed E-state index contributed by atoms with van der Waals surface area (Å²) >= 11 is 0. The smallest absolute Gasteiger partial charge is 0.245 e. The number of benzene rings is 1. The maximum absolute atomic E-state index is 13.6. The number of fused-ring (bicyclic) bond motifs is 1. The largest absolute Gasteiger partial charge is 0.344 e. The fraction of sp³-hybridized carbons (Fsp3) is 0.680. The normalized spacial score (nSPS) is 26.2. The van der Waals surface area contributed by atoms with E-state index in [2.05, 4.69) is 45.4 Å². The van der Waals surface area contributed by atoms with Gasteiger partial charge in [-0.25, -0.2) is 0 Å². The van der Waals surface area contributed by atoms with Crippen molar-refractivity contribution >= 4 is 11.8 Å². The SMILES string of the molecule is CC(=O)N[C@H](C(=O)N1CCC2CCN(CCc3ccccc3)CC21)C1CCCCC1. The van der Waals surface area contributed by atoms with Gasteiger partial charge in [-0.3, -0.25) is 9.59 Å². The fourth-order valence-corrected chi connectivity index (χ4v) is 5.86. The second-order valence-electron chi connectivity index (χ2n) is 9.55. The molecule has 1 aromatic carbocycles. The minimum Gasteiger partial charge on any atom is -0.344 e. The van der Waals surface area contributed by atoms with E-state index in [1.54, 1.807) is 6.92 Å². The number of hydrogen-bond donors (Lipinski definition) is 1. The molecule has 30 heavy (non-hydrogen) atoms. The fourth-order valence-electron chi connectivity index (χ4n) is 5.86. The second kappa shape index (κ2) is 9.95. The molecular weight excluding hydrogens is 374 g/mol. The van der Waals surface area contributed by atoms with Crippen LogP contribution in [0.5, 0.6) is 0 Å². The van der Waals surface area contributed by atoms with Gasteiger partial charge in [-0.2, -0.15) is 0 Å². The minimum absolute atomic E-state index is 0.0807. The van der Waals surface area contributed by atoms with Crippen LogP contribution in [0.2, 0.25) is 0 Å². The number of rotatable bonds is 6. The van der Waals surface area contributed by atoms with Crippen LogP contribution in [0, 0.1) is 11.8 Å². The zero-order chi connectivity index (χ0) is 20.9. The first-order valence-corrected chi connectivity index (χ1v) is 12.0. The second-order valence-corrected chi connectivity index (χ2v) is 9.55. The maximum atomic E-state index is 13.6. The van der Waals surface area contributed by atoms with E-state index in [9.17, 15) is 9.59 Å². The summed E-state index contributed by atoms with van der Waals surface area (Å²) in [5, 5.41) is 3.04. The first-order chi connectivity index (χ1) is 14.6. The van der Waals surface area contributed by atoms with Crippen LogP contribution in [-0.2, 0) is 16.0 Å². The standard InChI is InChI=1S/C25H37N3O2/c1-19(29)26-24(22-10-6-3-7-11-22)25(30)28-17-14-21-13-16-27(18-23(21)28)15-12-20-8-4-2-5-9-20/h2,4-5,8-9,21-24H,3,6-7,10-18H2,1H3,(H,26,29)/t21?,23?,24-/m0/s1. The number of nitrogens with one attached hydrogen (secondary N) is 1. The van der Waals surface area contributed by atoms with Gasteiger partial charge in [0, 0.05) is 32.6 Å². The Labute approximate surface area is 181 Å². The van der Waals surface area contributed by atoms with Gasteiger partial charge in [-0.05, 0) is 56.0 Å². The summed E-state index contributed by atoms with van der Waals surface area (Å²) in [6, 6.07) is 10.6. The summed E-state index contributed by atoms with van der Waals surface area (Å²) in [5.74, 6) is 1.01. The average Bonchev–Trinajstić information content (AvgIpc) is 3.20. The van der Waals surface area contributed by atoms with Crippen LogP contribution in [-0.4, -0.2) is 59.9 Å². The molecule has 5 nitrogen and oxygen atoms in total. The molecule has 164 valence electrons. The number of piperidine rings is 1. The highest BCUT2D eigenvalue weighted by molar-refractivity contribution is 5.87. The van der Waals surface area contributed by atoms with E-state index in [0.717, 1.165) is 51.9 Å². The van der Waals surface area contributed by atoms with Crippen molar-refractivity contribution in [1.82, 2.24) is 15.1 Å². The molecule has 1 aromatic rings. The lowest BCUT2D eigenvalue weighted by Gasteiger charge is -2.40. The molecule has 3 atom stereocenters. The lowest BCUT2D eigenvalue weighted by Crippen LogP contribution is -2.57. The van der Waals surface area contributed by atoms with Crippen molar-refractivity contribution < 1.29 is 9.59 Å². The number of carbonyl (C=O) groups is 2. The zero-order valence-electron chi connectivity index (χ0n) is 18.4. The molecule has 2 heterocycles. The molecule has 3 fully saturated rings. The van der Waals surface area contributed by atoms with Gasteiger partial charge in [0.2, 0.25) is 11.8 Å². The number of amides is 2. The first-order valence-electron chi connectivity index (χ1n) is 12.0. The molecular formula is C25H37N3O2. The molecule has 0 radical (unpaired) electrons. The highest BCUT2D eigenvalue weighted by Gasteiger charge is 2.43. The third-order valence-electron chi connectivity index (χ3n) is 7.54. The Kier molecular flexibility index (Phi) is 7.08. The summed E-state index contributed by atoms with van der Waals surface area (Å²) in [7, 11) is 0. The monoisotopic (exact) mass is 411 g/mol. The van der Waals surface area contributed by atoms with Crippen LogP contribution < -0.4 is 5.32 Å². The van der Waals surface area contributed by atoms with Gasteiger partial charge >= 0.3 is 0 Å². The van der Waals surface area contributed by atoms with Gasteiger partial charge in [-0.15, -0.1) is 0 Å². The van der Waals surface area contributed by atoms with Crippen LogP contribution in [0.3, 0.4) is 0 Å². The molecule has 2 saturated heterocycles. The van der Waals surface area contributed by atoms with E-state index >= 15 is 0 Å². The predicted octanol–water partition coefficient (Wildman–Crippen LogP) is 3.24. The Bertz CT molecular complexity index is 716. The van der Waals surface area contributed by atoms with E-state index in [1.165, 1.54) is 31.2 Å². The van der Waals surface area contributed by atoms with Gasteiger partial charge in [0.1, 0.15) is 6.04 Å². The van der Waals surface area contributed by atoms with Gasteiger partial charge in [-0.1, -0.05) is 49.6 Å². The van der Waals surface area contributed by atoms with Crippen molar-refractivity contribution in [3.05, 3.63) is 35.9 Å². The molecule has 0 bridgehead atoms.